The molecule has 102 valence electrons. The van der Waals surface area contributed by atoms with Gasteiger partial charge in [0.05, 0.1) is 5.69 Å². The molecule has 0 radical (unpaired) electrons. The van der Waals surface area contributed by atoms with E-state index in [0.717, 1.165) is 24.2 Å². The second-order valence-electron chi connectivity index (χ2n) is 4.47. The molecule has 0 fully saturated rings. The Morgan fingerprint density at radius 2 is 1.89 bits per heavy atom. The molecule has 2 N–H and O–H groups in total. The van der Waals surface area contributed by atoms with Gasteiger partial charge in [-0.2, -0.15) is 0 Å². The summed E-state index contributed by atoms with van der Waals surface area (Å²) in [5, 5.41) is 0. The number of pyridine rings is 1. The van der Waals surface area contributed by atoms with Crippen LogP contribution in [0, 0.1) is 6.92 Å². The number of rotatable bonds is 2. The summed E-state index contributed by atoms with van der Waals surface area (Å²) < 4.78 is 0. The second kappa shape index (κ2) is 7.57. The molecule has 0 bridgehead atoms. The molecule has 2 nitrogen and oxygen atoms in total. The van der Waals surface area contributed by atoms with Crippen LogP contribution in [0.4, 0.5) is 0 Å². The first-order valence-electron chi connectivity index (χ1n) is 6.92. The summed E-state index contributed by atoms with van der Waals surface area (Å²) in [5.41, 5.74) is 11.6. The molecule has 0 amide bonds. The minimum atomic E-state index is 0.957. The van der Waals surface area contributed by atoms with Crippen LogP contribution in [0.2, 0.25) is 0 Å². The lowest BCUT2D eigenvalue weighted by atomic mass is 9.96. The van der Waals surface area contributed by atoms with Crippen molar-refractivity contribution in [2.75, 3.05) is 0 Å². The van der Waals surface area contributed by atoms with Crippen LogP contribution in [0.15, 0.2) is 47.3 Å². The van der Waals surface area contributed by atoms with Gasteiger partial charge in [0.15, 0.2) is 0 Å². The molecule has 0 saturated carbocycles. The van der Waals surface area contributed by atoms with Crippen molar-refractivity contribution >= 4 is 6.08 Å². The molecule has 1 aliphatic rings. The zero-order chi connectivity index (χ0) is 14.3. The lowest BCUT2D eigenvalue weighted by Gasteiger charge is -2.12. The Hall–Kier alpha value is -1.83. The van der Waals surface area contributed by atoms with Gasteiger partial charge in [-0.15, -0.1) is 0 Å². The van der Waals surface area contributed by atoms with Crippen molar-refractivity contribution in [1.29, 1.82) is 0 Å². The first kappa shape index (κ1) is 15.2. The van der Waals surface area contributed by atoms with Gasteiger partial charge in [-0.05, 0) is 61.6 Å². The van der Waals surface area contributed by atoms with E-state index in [1.54, 1.807) is 0 Å². The van der Waals surface area contributed by atoms with Crippen molar-refractivity contribution in [2.24, 2.45) is 5.73 Å². The Morgan fingerprint density at radius 1 is 1.16 bits per heavy atom. The predicted molar refractivity (Wildman–Crippen MR) is 83.6 cm³/mol. The summed E-state index contributed by atoms with van der Waals surface area (Å²) in [6.07, 6.45) is 10.1. The summed E-state index contributed by atoms with van der Waals surface area (Å²) in [6.45, 7) is 8.18. The van der Waals surface area contributed by atoms with E-state index in [2.05, 4.69) is 43.1 Å². The van der Waals surface area contributed by atoms with Gasteiger partial charge >= 0.3 is 0 Å². The average molecular weight is 256 g/mol. The van der Waals surface area contributed by atoms with E-state index in [0.29, 0.717) is 0 Å². The smallest absolute Gasteiger partial charge is 0.0658 e. The minimum Gasteiger partial charge on any atom is -0.402 e. The minimum absolute atomic E-state index is 0.957. The number of aromatic nitrogens is 1. The predicted octanol–water partition coefficient (Wildman–Crippen LogP) is 4.38. The highest BCUT2D eigenvalue weighted by atomic mass is 14.7. The van der Waals surface area contributed by atoms with Crippen LogP contribution >= 0.6 is 0 Å². The summed E-state index contributed by atoms with van der Waals surface area (Å²) in [6, 6.07) is 4.04. The summed E-state index contributed by atoms with van der Waals surface area (Å²) in [4.78, 5) is 4.35. The number of aryl methyl sites for hydroxylation is 1. The highest BCUT2D eigenvalue weighted by Gasteiger charge is 2.06. The lowest BCUT2D eigenvalue weighted by Crippen LogP contribution is -2.03. The fourth-order valence-corrected chi connectivity index (χ4v) is 1.99. The van der Waals surface area contributed by atoms with Gasteiger partial charge in [0.25, 0.3) is 0 Å². The fraction of sp³-hybridized carbons (Fsp3) is 0.353. The average Bonchev–Trinajstić information content (AvgIpc) is 2.42. The van der Waals surface area contributed by atoms with Crippen LogP contribution in [-0.4, -0.2) is 4.98 Å². The Kier molecular flexibility index (Phi) is 6.07. The van der Waals surface area contributed by atoms with Crippen LogP contribution < -0.4 is 5.73 Å². The molecular weight excluding hydrogens is 232 g/mol. The molecule has 0 atom stereocenters. The highest BCUT2D eigenvalue weighted by Crippen LogP contribution is 2.23. The summed E-state index contributed by atoms with van der Waals surface area (Å²) >= 11 is 0. The molecule has 1 aliphatic carbocycles. The molecule has 0 unspecified atom stereocenters. The zero-order valence-electron chi connectivity index (χ0n) is 12.4. The van der Waals surface area contributed by atoms with Gasteiger partial charge in [-0.3, -0.25) is 4.98 Å². The van der Waals surface area contributed by atoms with Crippen molar-refractivity contribution in [3.63, 3.8) is 0 Å². The van der Waals surface area contributed by atoms with Gasteiger partial charge in [-0.25, -0.2) is 0 Å². The topological polar surface area (TPSA) is 38.9 Å². The third-order valence-corrected chi connectivity index (χ3v) is 3.08. The van der Waals surface area contributed by atoms with Gasteiger partial charge in [0.1, 0.15) is 0 Å². The SMILES string of the molecule is CC.CC1=C(/C=C\c2ncccc2C)CCC(N)=C1. The van der Waals surface area contributed by atoms with Crippen molar-refractivity contribution in [2.45, 2.75) is 40.5 Å². The normalized spacial score (nSPS) is 15.1. The van der Waals surface area contributed by atoms with Crippen molar-refractivity contribution in [3.8, 4) is 0 Å². The number of hydrogen-bond acceptors (Lipinski definition) is 2. The first-order valence-corrected chi connectivity index (χ1v) is 6.92. The molecule has 0 aliphatic heterocycles. The van der Waals surface area contributed by atoms with Gasteiger partial charge in [-0.1, -0.05) is 26.0 Å². The lowest BCUT2D eigenvalue weighted by molar-refractivity contribution is 0.896. The molecule has 0 spiro atoms. The van der Waals surface area contributed by atoms with Gasteiger partial charge < -0.3 is 5.73 Å². The van der Waals surface area contributed by atoms with E-state index in [1.165, 1.54) is 16.7 Å². The Morgan fingerprint density at radius 3 is 2.53 bits per heavy atom. The molecule has 0 aromatic carbocycles. The highest BCUT2D eigenvalue weighted by molar-refractivity contribution is 5.54. The quantitative estimate of drug-likeness (QED) is 0.852. The maximum Gasteiger partial charge on any atom is 0.0658 e. The number of hydrogen-bond donors (Lipinski definition) is 1. The van der Waals surface area contributed by atoms with Crippen LogP contribution in [0.1, 0.15) is 44.9 Å². The monoisotopic (exact) mass is 256 g/mol. The Bertz CT molecular complexity index is 508. The van der Waals surface area contributed by atoms with Gasteiger partial charge in [0.2, 0.25) is 0 Å². The number of nitrogens with two attached hydrogens (primary N) is 1. The van der Waals surface area contributed by atoms with E-state index in [9.17, 15) is 0 Å². The molecule has 2 heteroatoms. The molecule has 1 aromatic rings. The molecule has 2 rings (SSSR count). The molecular formula is C17H24N2. The maximum absolute atomic E-state index is 5.81. The van der Waals surface area contributed by atoms with Crippen LogP contribution in [0.3, 0.4) is 0 Å². The zero-order valence-corrected chi connectivity index (χ0v) is 12.4. The van der Waals surface area contributed by atoms with E-state index < -0.39 is 0 Å². The molecule has 19 heavy (non-hydrogen) atoms. The second-order valence-corrected chi connectivity index (χ2v) is 4.47. The Labute approximate surface area is 116 Å². The molecule has 1 aromatic heterocycles. The van der Waals surface area contributed by atoms with Crippen LogP contribution in [0.5, 0.6) is 0 Å². The first-order chi connectivity index (χ1) is 9.16. The summed E-state index contributed by atoms with van der Waals surface area (Å²) in [5.74, 6) is 0. The van der Waals surface area contributed by atoms with Crippen LogP contribution in [0.25, 0.3) is 6.08 Å². The van der Waals surface area contributed by atoms with E-state index in [4.69, 9.17) is 5.73 Å². The van der Waals surface area contributed by atoms with Gasteiger partial charge in [0, 0.05) is 11.9 Å². The van der Waals surface area contributed by atoms with Crippen molar-refractivity contribution in [1.82, 2.24) is 4.98 Å². The number of allylic oxidation sites excluding steroid dienone is 5. The Balaban J connectivity index is 0.000000861. The van der Waals surface area contributed by atoms with E-state index in [1.807, 2.05) is 26.1 Å². The molecule has 0 saturated heterocycles. The van der Waals surface area contributed by atoms with E-state index in [-0.39, 0.29) is 0 Å². The largest absolute Gasteiger partial charge is 0.402 e. The van der Waals surface area contributed by atoms with Crippen LogP contribution in [-0.2, 0) is 0 Å². The maximum atomic E-state index is 5.81. The molecule has 1 heterocycles. The van der Waals surface area contributed by atoms with Crippen molar-refractivity contribution in [3.05, 3.63) is 58.6 Å². The standard InChI is InChI=1S/C15H18N2.C2H6/c1-11-4-3-9-17-15(11)8-6-13-5-7-14(16)10-12(13)2;1-2/h3-4,6,8-10H,5,7,16H2,1-2H3;1-2H3/b8-6-;. The fourth-order valence-electron chi connectivity index (χ4n) is 1.99. The third kappa shape index (κ3) is 4.40. The third-order valence-electron chi connectivity index (χ3n) is 3.08. The summed E-state index contributed by atoms with van der Waals surface area (Å²) in [7, 11) is 0. The van der Waals surface area contributed by atoms with Crippen molar-refractivity contribution < 1.29 is 0 Å². The number of nitrogens with zero attached hydrogens (tertiary/aromatic N) is 1. The van der Waals surface area contributed by atoms with E-state index >= 15 is 0 Å².